The van der Waals surface area contributed by atoms with Crippen LogP contribution in [0, 0.1) is 5.92 Å². The molecule has 3 nitrogen and oxygen atoms in total. The summed E-state index contributed by atoms with van der Waals surface area (Å²) in [5, 5.41) is 12.4. The highest BCUT2D eigenvalue weighted by Gasteiger charge is 2.31. The van der Waals surface area contributed by atoms with Crippen LogP contribution in [-0.2, 0) is 4.79 Å². The molecule has 0 aromatic heterocycles. The van der Waals surface area contributed by atoms with Crippen molar-refractivity contribution >= 4 is 17.7 Å². The number of hydrogen-bond acceptors (Lipinski definition) is 3. The van der Waals surface area contributed by atoms with Crippen LogP contribution in [-0.4, -0.2) is 29.4 Å². The molecule has 4 heteroatoms. The van der Waals surface area contributed by atoms with Crippen molar-refractivity contribution in [2.75, 3.05) is 12.4 Å². The zero-order chi connectivity index (χ0) is 13.9. The minimum atomic E-state index is 0.00626. The SMILES string of the molecule is O=C(NC1CCC(CO)CC1)C1CSc2ccccc21. The van der Waals surface area contributed by atoms with Crippen LogP contribution in [0.3, 0.4) is 0 Å². The van der Waals surface area contributed by atoms with Crippen LogP contribution in [0.1, 0.15) is 37.2 Å². The summed E-state index contributed by atoms with van der Waals surface area (Å²) in [4.78, 5) is 13.7. The first kappa shape index (κ1) is 14.0. The van der Waals surface area contributed by atoms with E-state index in [2.05, 4.69) is 17.4 Å². The predicted octanol–water partition coefficient (Wildman–Crippen LogP) is 2.54. The van der Waals surface area contributed by atoms with Gasteiger partial charge in [-0.1, -0.05) is 18.2 Å². The number of aliphatic hydroxyl groups excluding tert-OH is 1. The topological polar surface area (TPSA) is 49.3 Å². The maximum atomic E-state index is 12.5. The highest BCUT2D eigenvalue weighted by Crippen LogP contribution is 2.39. The van der Waals surface area contributed by atoms with Gasteiger partial charge in [0.15, 0.2) is 0 Å². The van der Waals surface area contributed by atoms with Crippen LogP contribution in [0.15, 0.2) is 29.2 Å². The monoisotopic (exact) mass is 291 g/mol. The summed E-state index contributed by atoms with van der Waals surface area (Å²) in [6, 6.07) is 8.50. The van der Waals surface area contributed by atoms with E-state index in [1.165, 1.54) is 10.5 Å². The normalized spacial score (nSPS) is 28.9. The van der Waals surface area contributed by atoms with Gasteiger partial charge in [-0.3, -0.25) is 4.79 Å². The van der Waals surface area contributed by atoms with Gasteiger partial charge in [-0.05, 0) is 43.2 Å². The van der Waals surface area contributed by atoms with Gasteiger partial charge in [-0.25, -0.2) is 0 Å². The molecule has 1 unspecified atom stereocenters. The number of benzene rings is 1. The molecule has 1 aromatic rings. The van der Waals surface area contributed by atoms with Crippen LogP contribution in [0.5, 0.6) is 0 Å². The molecule has 0 bridgehead atoms. The average molecular weight is 291 g/mol. The average Bonchev–Trinajstić information content (AvgIpc) is 2.92. The summed E-state index contributed by atoms with van der Waals surface area (Å²) in [7, 11) is 0. The fraction of sp³-hybridized carbons (Fsp3) is 0.562. The van der Waals surface area contributed by atoms with Crippen LogP contribution < -0.4 is 5.32 Å². The molecule has 2 aliphatic rings. The second kappa shape index (κ2) is 6.19. The van der Waals surface area contributed by atoms with Crippen molar-refractivity contribution in [2.45, 2.75) is 42.5 Å². The van der Waals surface area contributed by atoms with E-state index in [1.807, 2.05) is 12.1 Å². The van der Waals surface area contributed by atoms with Crippen molar-refractivity contribution in [3.8, 4) is 0 Å². The lowest BCUT2D eigenvalue weighted by Crippen LogP contribution is -2.40. The fourth-order valence-corrected chi connectivity index (χ4v) is 4.40. The minimum absolute atomic E-state index is 0.00626. The van der Waals surface area contributed by atoms with E-state index in [1.54, 1.807) is 11.8 Å². The minimum Gasteiger partial charge on any atom is -0.396 e. The lowest BCUT2D eigenvalue weighted by Gasteiger charge is -2.28. The smallest absolute Gasteiger partial charge is 0.228 e. The molecule has 0 radical (unpaired) electrons. The Morgan fingerprint density at radius 3 is 2.75 bits per heavy atom. The molecule has 1 aliphatic carbocycles. The lowest BCUT2D eigenvalue weighted by atomic mass is 9.86. The number of carbonyl (C=O) groups excluding carboxylic acids is 1. The van der Waals surface area contributed by atoms with Gasteiger partial charge in [0.25, 0.3) is 0 Å². The Labute approximate surface area is 124 Å². The molecule has 3 rings (SSSR count). The molecule has 1 aromatic carbocycles. The Bertz CT molecular complexity index is 483. The Morgan fingerprint density at radius 1 is 1.25 bits per heavy atom. The van der Waals surface area contributed by atoms with E-state index in [9.17, 15) is 4.79 Å². The highest BCUT2D eigenvalue weighted by molar-refractivity contribution is 7.99. The van der Waals surface area contributed by atoms with E-state index in [0.717, 1.165) is 31.4 Å². The number of thioether (sulfide) groups is 1. The van der Waals surface area contributed by atoms with E-state index in [-0.39, 0.29) is 18.4 Å². The second-order valence-electron chi connectivity index (χ2n) is 5.81. The molecule has 108 valence electrons. The van der Waals surface area contributed by atoms with Crippen LogP contribution >= 0.6 is 11.8 Å². The highest BCUT2D eigenvalue weighted by atomic mass is 32.2. The second-order valence-corrected chi connectivity index (χ2v) is 6.87. The van der Waals surface area contributed by atoms with Crippen molar-refractivity contribution in [1.29, 1.82) is 0 Å². The third-order valence-electron chi connectivity index (χ3n) is 4.47. The lowest BCUT2D eigenvalue weighted by molar-refractivity contribution is -0.123. The molecule has 2 N–H and O–H groups in total. The van der Waals surface area contributed by atoms with Crippen molar-refractivity contribution in [3.05, 3.63) is 29.8 Å². The van der Waals surface area contributed by atoms with Crippen LogP contribution in [0.4, 0.5) is 0 Å². The largest absolute Gasteiger partial charge is 0.396 e. The number of carbonyl (C=O) groups is 1. The summed E-state index contributed by atoms with van der Waals surface area (Å²) in [6.07, 6.45) is 4.05. The summed E-state index contributed by atoms with van der Waals surface area (Å²) < 4.78 is 0. The van der Waals surface area contributed by atoms with E-state index in [4.69, 9.17) is 5.11 Å². The molecule has 1 atom stereocenters. The molecular weight excluding hydrogens is 270 g/mol. The number of amides is 1. The molecule has 1 fully saturated rings. The fourth-order valence-electron chi connectivity index (χ4n) is 3.17. The van der Waals surface area contributed by atoms with Gasteiger partial charge < -0.3 is 10.4 Å². The Morgan fingerprint density at radius 2 is 2.00 bits per heavy atom. The predicted molar refractivity (Wildman–Crippen MR) is 80.9 cm³/mol. The zero-order valence-electron chi connectivity index (χ0n) is 11.5. The maximum absolute atomic E-state index is 12.5. The Kier molecular flexibility index (Phi) is 4.32. The van der Waals surface area contributed by atoms with Crippen molar-refractivity contribution in [1.82, 2.24) is 5.32 Å². The van der Waals surface area contributed by atoms with Crippen molar-refractivity contribution in [3.63, 3.8) is 0 Å². The summed E-state index contributed by atoms with van der Waals surface area (Å²) in [6.45, 7) is 0.285. The molecule has 1 amide bonds. The number of fused-ring (bicyclic) bond motifs is 1. The zero-order valence-corrected chi connectivity index (χ0v) is 12.4. The first-order valence-electron chi connectivity index (χ1n) is 7.41. The van der Waals surface area contributed by atoms with Crippen molar-refractivity contribution in [2.24, 2.45) is 5.92 Å². The number of rotatable bonds is 3. The van der Waals surface area contributed by atoms with Crippen LogP contribution in [0.25, 0.3) is 0 Å². The Hall–Kier alpha value is -1.00. The molecule has 1 heterocycles. The number of aliphatic hydroxyl groups is 1. The van der Waals surface area contributed by atoms with E-state index < -0.39 is 0 Å². The molecule has 1 saturated carbocycles. The van der Waals surface area contributed by atoms with Gasteiger partial charge >= 0.3 is 0 Å². The molecular formula is C16H21NO2S. The number of hydrogen-bond donors (Lipinski definition) is 2. The van der Waals surface area contributed by atoms with E-state index >= 15 is 0 Å². The first-order valence-corrected chi connectivity index (χ1v) is 8.39. The maximum Gasteiger partial charge on any atom is 0.228 e. The van der Waals surface area contributed by atoms with Gasteiger partial charge in [0.2, 0.25) is 5.91 Å². The summed E-state index contributed by atoms with van der Waals surface area (Å²) in [5.41, 5.74) is 1.18. The van der Waals surface area contributed by atoms with Gasteiger partial charge in [-0.2, -0.15) is 0 Å². The Balaban J connectivity index is 1.58. The quantitative estimate of drug-likeness (QED) is 0.900. The van der Waals surface area contributed by atoms with E-state index in [0.29, 0.717) is 12.0 Å². The van der Waals surface area contributed by atoms with Gasteiger partial charge in [-0.15, -0.1) is 11.8 Å². The van der Waals surface area contributed by atoms with Gasteiger partial charge in [0.1, 0.15) is 0 Å². The van der Waals surface area contributed by atoms with Gasteiger partial charge in [0.05, 0.1) is 5.92 Å². The number of nitrogens with one attached hydrogen (secondary N) is 1. The van der Waals surface area contributed by atoms with Crippen LogP contribution in [0.2, 0.25) is 0 Å². The first-order chi connectivity index (χ1) is 9.78. The molecule has 0 spiro atoms. The molecule has 1 aliphatic heterocycles. The van der Waals surface area contributed by atoms with Gasteiger partial charge in [0, 0.05) is 23.3 Å². The third kappa shape index (κ3) is 2.86. The standard InChI is InChI=1S/C16H21NO2S/c18-9-11-5-7-12(8-6-11)17-16(19)14-10-20-15-4-2-1-3-13(14)15/h1-4,11-12,14,18H,5-10H2,(H,17,19). The third-order valence-corrected chi connectivity index (χ3v) is 5.65. The summed E-state index contributed by atoms with van der Waals surface area (Å²) >= 11 is 1.78. The molecule has 20 heavy (non-hydrogen) atoms. The summed E-state index contributed by atoms with van der Waals surface area (Å²) in [5.74, 6) is 1.48. The van der Waals surface area contributed by atoms with Crippen molar-refractivity contribution < 1.29 is 9.90 Å². The molecule has 0 saturated heterocycles.